The molecule has 1 aromatic rings. The summed E-state index contributed by atoms with van der Waals surface area (Å²) in [6.45, 7) is 2.95. The Kier molecular flexibility index (Phi) is 11.8. The molecule has 7 heteroatoms. The minimum absolute atomic E-state index is 0. The highest BCUT2D eigenvalue weighted by molar-refractivity contribution is 7.09. The van der Waals surface area contributed by atoms with Gasteiger partial charge in [-0.15, -0.1) is 36.2 Å². The summed E-state index contributed by atoms with van der Waals surface area (Å²) in [4.78, 5) is 16.8. The summed E-state index contributed by atoms with van der Waals surface area (Å²) < 4.78 is 0. The van der Waals surface area contributed by atoms with Gasteiger partial charge in [-0.3, -0.25) is 4.79 Å². The van der Waals surface area contributed by atoms with Crippen molar-refractivity contribution in [2.24, 2.45) is 5.92 Å². The molecule has 1 saturated heterocycles. The van der Waals surface area contributed by atoms with E-state index in [-0.39, 0.29) is 30.7 Å². The van der Waals surface area contributed by atoms with Gasteiger partial charge >= 0.3 is 0 Å². The quantitative estimate of drug-likeness (QED) is 0.682. The standard InChI is InChI=1S/C19H31N3OS.2ClH/c23-18(7-6-15-8-11-20-12-9-15)21-13-10-19-22-17(14-24-19)16-4-2-1-3-5-16;;/h14-16,20H,1-13H2,(H,21,23);2*1H. The predicted molar refractivity (Wildman–Crippen MR) is 114 cm³/mol. The summed E-state index contributed by atoms with van der Waals surface area (Å²) in [5, 5.41) is 9.86. The van der Waals surface area contributed by atoms with E-state index in [0.717, 1.165) is 38.4 Å². The maximum absolute atomic E-state index is 12.0. The van der Waals surface area contributed by atoms with Crippen molar-refractivity contribution in [3.05, 3.63) is 16.1 Å². The summed E-state index contributed by atoms with van der Waals surface area (Å²) in [5.74, 6) is 1.62. The molecule has 0 bridgehead atoms. The Morgan fingerprint density at radius 1 is 1.15 bits per heavy atom. The molecule has 0 atom stereocenters. The highest BCUT2D eigenvalue weighted by Gasteiger charge is 2.18. The zero-order valence-corrected chi connectivity index (χ0v) is 18.0. The van der Waals surface area contributed by atoms with E-state index in [9.17, 15) is 4.79 Å². The molecule has 2 aliphatic rings. The zero-order chi connectivity index (χ0) is 16.6. The molecule has 4 nitrogen and oxygen atoms in total. The van der Waals surface area contributed by atoms with Crippen molar-refractivity contribution in [1.82, 2.24) is 15.6 Å². The summed E-state index contributed by atoms with van der Waals surface area (Å²) in [5.41, 5.74) is 1.30. The Balaban J connectivity index is 0.00000169. The molecule has 2 N–H and O–H groups in total. The van der Waals surface area contributed by atoms with Crippen LogP contribution in [0.4, 0.5) is 0 Å². The number of carbonyl (C=O) groups excluding carboxylic acids is 1. The zero-order valence-electron chi connectivity index (χ0n) is 15.5. The monoisotopic (exact) mass is 421 g/mol. The highest BCUT2D eigenvalue weighted by atomic mass is 35.5. The molecule has 0 unspecified atom stereocenters. The first-order valence-corrected chi connectivity index (χ1v) is 10.6. The van der Waals surface area contributed by atoms with E-state index >= 15 is 0 Å². The lowest BCUT2D eigenvalue weighted by Crippen LogP contribution is -2.30. The Labute approximate surface area is 174 Å². The average Bonchev–Trinajstić information content (AvgIpc) is 3.11. The van der Waals surface area contributed by atoms with Crippen molar-refractivity contribution in [3.63, 3.8) is 0 Å². The van der Waals surface area contributed by atoms with Gasteiger partial charge in [-0.1, -0.05) is 19.3 Å². The molecule has 0 radical (unpaired) electrons. The number of rotatable bonds is 7. The molecular formula is C19H33Cl2N3OS. The molecule has 3 rings (SSSR count). The maximum Gasteiger partial charge on any atom is 0.220 e. The van der Waals surface area contributed by atoms with Crippen molar-refractivity contribution < 1.29 is 4.79 Å². The topological polar surface area (TPSA) is 54.0 Å². The van der Waals surface area contributed by atoms with E-state index < -0.39 is 0 Å². The maximum atomic E-state index is 12.0. The molecule has 1 aromatic heterocycles. The van der Waals surface area contributed by atoms with Gasteiger partial charge in [0.25, 0.3) is 0 Å². The number of piperidine rings is 1. The van der Waals surface area contributed by atoms with E-state index in [1.807, 2.05) is 0 Å². The van der Waals surface area contributed by atoms with Gasteiger partial charge in [0.15, 0.2) is 0 Å². The van der Waals surface area contributed by atoms with E-state index in [4.69, 9.17) is 4.98 Å². The lowest BCUT2D eigenvalue weighted by molar-refractivity contribution is -0.121. The fourth-order valence-electron chi connectivity index (χ4n) is 3.93. The number of carbonyl (C=O) groups is 1. The van der Waals surface area contributed by atoms with Crippen LogP contribution in [-0.4, -0.2) is 30.5 Å². The Morgan fingerprint density at radius 3 is 2.62 bits per heavy atom. The lowest BCUT2D eigenvalue weighted by atomic mass is 9.87. The summed E-state index contributed by atoms with van der Waals surface area (Å²) >= 11 is 1.76. The van der Waals surface area contributed by atoms with Crippen molar-refractivity contribution in [3.8, 4) is 0 Å². The first kappa shape index (κ1) is 23.7. The van der Waals surface area contributed by atoms with Gasteiger partial charge in [-0.2, -0.15) is 0 Å². The number of aromatic nitrogens is 1. The van der Waals surface area contributed by atoms with E-state index in [2.05, 4.69) is 16.0 Å². The minimum Gasteiger partial charge on any atom is -0.356 e. The van der Waals surface area contributed by atoms with Gasteiger partial charge in [0.2, 0.25) is 5.91 Å². The van der Waals surface area contributed by atoms with Gasteiger partial charge in [0, 0.05) is 30.7 Å². The molecule has 1 aliphatic heterocycles. The smallest absolute Gasteiger partial charge is 0.220 e. The van der Waals surface area contributed by atoms with Crippen LogP contribution in [0.15, 0.2) is 5.38 Å². The third-order valence-electron chi connectivity index (χ3n) is 5.49. The van der Waals surface area contributed by atoms with Gasteiger partial charge in [0.05, 0.1) is 10.7 Å². The molecule has 1 amide bonds. The SMILES string of the molecule is Cl.Cl.O=C(CCC1CCNCC1)NCCc1nc(C2CCCCC2)cs1. The van der Waals surface area contributed by atoms with Crippen LogP contribution < -0.4 is 10.6 Å². The molecule has 150 valence electrons. The summed E-state index contributed by atoms with van der Waals surface area (Å²) in [7, 11) is 0. The second-order valence-electron chi connectivity index (χ2n) is 7.33. The lowest BCUT2D eigenvalue weighted by Gasteiger charge is -2.22. The number of halogens is 2. The van der Waals surface area contributed by atoms with Gasteiger partial charge < -0.3 is 10.6 Å². The fraction of sp³-hybridized carbons (Fsp3) is 0.789. The van der Waals surface area contributed by atoms with Crippen molar-refractivity contribution in [2.45, 2.75) is 70.1 Å². The molecule has 2 heterocycles. The first-order valence-electron chi connectivity index (χ1n) is 9.73. The average molecular weight is 422 g/mol. The second kappa shape index (κ2) is 12.9. The van der Waals surface area contributed by atoms with Crippen LogP contribution >= 0.6 is 36.2 Å². The molecule has 0 spiro atoms. The molecular weight excluding hydrogens is 389 g/mol. The third kappa shape index (κ3) is 7.71. The van der Waals surface area contributed by atoms with Gasteiger partial charge in [0.1, 0.15) is 0 Å². The Bertz CT molecular complexity index is 515. The van der Waals surface area contributed by atoms with Crippen LogP contribution in [0.3, 0.4) is 0 Å². The number of hydrogen-bond donors (Lipinski definition) is 2. The van der Waals surface area contributed by atoms with Crippen LogP contribution in [0.1, 0.15) is 74.4 Å². The molecule has 1 saturated carbocycles. The molecule has 0 aromatic carbocycles. The number of hydrogen-bond acceptors (Lipinski definition) is 4. The van der Waals surface area contributed by atoms with E-state index in [1.165, 1.54) is 55.6 Å². The highest BCUT2D eigenvalue weighted by Crippen LogP contribution is 2.33. The fourth-order valence-corrected chi connectivity index (χ4v) is 4.81. The second-order valence-corrected chi connectivity index (χ2v) is 8.28. The van der Waals surface area contributed by atoms with Crippen molar-refractivity contribution in [2.75, 3.05) is 19.6 Å². The number of nitrogens with one attached hydrogen (secondary N) is 2. The summed E-state index contributed by atoms with van der Waals surface area (Å²) in [6, 6.07) is 0. The molecule has 26 heavy (non-hydrogen) atoms. The number of thiazole rings is 1. The van der Waals surface area contributed by atoms with E-state index in [1.54, 1.807) is 11.3 Å². The van der Waals surface area contributed by atoms with Gasteiger partial charge in [-0.05, 0) is 51.1 Å². The predicted octanol–water partition coefficient (Wildman–Crippen LogP) is 4.47. The molecule has 1 aliphatic carbocycles. The third-order valence-corrected chi connectivity index (χ3v) is 6.42. The van der Waals surface area contributed by atoms with Crippen molar-refractivity contribution in [1.29, 1.82) is 0 Å². The van der Waals surface area contributed by atoms with Crippen LogP contribution in [-0.2, 0) is 11.2 Å². The van der Waals surface area contributed by atoms with Crippen LogP contribution in [0.25, 0.3) is 0 Å². The van der Waals surface area contributed by atoms with Crippen LogP contribution in [0.2, 0.25) is 0 Å². The van der Waals surface area contributed by atoms with E-state index in [0.29, 0.717) is 12.3 Å². The van der Waals surface area contributed by atoms with Crippen LogP contribution in [0, 0.1) is 5.92 Å². The van der Waals surface area contributed by atoms with Gasteiger partial charge in [-0.25, -0.2) is 4.98 Å². The first-order chi connectivity index (χ1) is 11.8. The molecule has 2 fully saturated rings. The van der Waals surface area contributed by atoms with Crippen LogP contribution in [0.5, 0.6) is 0 Å². The van der Waals surface area contributed by atoms with Crippen molar-refractivity contribution >= 4 is 42.1 Å². The Hall–Kier alpha value is -0.360. The normalized spacial score (nSPS) is 18.6. The number of nitrogens with zero attached hydrogens (tertiary/aromatic N) is 1. The Morgan fingerprint density at radius 2 is 1.88 bits per heavy atom. The largest absolute Gasteiger partial charge is 0.356 e. The number of amides is 1. The minimum atomic E-state index is 0. The summed E-state index contributed by atoms with van der Waals surface area (Å²) in [6.07, 6.45) is 11.7.